The lowest BCUT2D eigenvalue weighted by Crippen LogP contribution is -2.17. The summed E-state index contributed by atoms with van der Waals surface area (Å²) in [4.78, 5) is 34.5. The maximum Gasteiger partial charge on any atom is 0.338 e. The fourth-order valence-electron chi connectivity index (χ4n) is 2.70. The molecule has 9 nitrogen and oxygen atoms in total. The minimum Gasteiger partial charge on any atom is -0.491 e. The molecule has 0 heterocycles. The Bertz CT molecular complexity index is 924. The van der Waals surface area contributed by atoms with Gasteiger partial charge in [0, 0.05) is 12.2 Å². The van der Waals surface area contributed by atoms with Gasteiger partial charge in [-0.15, -0.1) is 0 Å². The zero-order chi connectivity index (χ0) is 23.5. The fraction of sp³-hybridized carbons (Fsp3) is 0.348. The molecule has 0 amide bonds. The van der Waals surface area contributed by atoms with Crippen molar-refractivity contribution in [2.45, 2.75) is 13.8 Å². The molecule has 0 aromatic heterocycles. The van der Waals surface area contributed by atoms with E-state index >= 15 is 0 Å². The van der Waals surface area contributed by atoms with Crippen molar-refractivity contribution in [3.63, 3.8) is 0 Å². The Morgan fingerprint density at radius 1 is 0.938 bits per heavy atom. The van der Waals surface area contributed by atoms with Crippen molar-refractivity contribution < 1.29 is 38.8 Å². The van der Waals surface area contributed by atoms with Crippen LogP contribution >= 0.6 is 0 Å². The topological polar surface area (TPSA) is 131 Å². The van der Waals surface area contributed by atoms with Crippen LogP contribution in [-0.4, -0.2) is 61.1 Å². The molecular formula is C23H27NO8. The van der Waals surface area contributed by atoms with Gasteiger partial charge in [-0.3, -0.25) is 0 Å². The fourth-order valence-corrected chi connectivity index (χ4v) is 2.70. The number of hydrogen-bond donors (Lipinski definition) is 3. The van der Waals surface area contributed by atoms with E-state index in [1.807, 2.05) is 13.8 Å². The summed E-state index contributed by atoms with van der Waals surface area (Å²) in [5, 5.41) is 21.3. The molecule has 32 heavy (non-hydrogen) atoms. The Hall–Kier alpha value is -3.59. The molecular weight excluding hydrogens is 418 g/mol. The van der Waals surface area contributed by atoms with E-state index in [2.05, 4.69) is 5.32 Å². The van der Waals surface area contributed by atoms with Crippen molar-refractivity contribution >= 4 is 23.6 Å². The van der Waals surface area contributed by atoms with Gasteiger partial charge in [0.05, 0.1) is 36.5 Å². The van der Waals surface area contributed by atoms with Crippen LogP contribution in [0.3, 0.4) is 0 Å². The molecule has 0 saturated carbocycles. The van der Waals surface area contributed by atoms with Crippen LogP contribution in [0.5, 0.6) is 5.75 Å². The number of carbonyl (C=O) groups is 3. The third-order valence-electron chi connectivity index (χ3n) is 4.20. The zero-order valence-corrected chi connectivity index (χ0v) is 18.0. The van der Waals surface area contributed by atoms with E-state index in [-0.39, 0.29) is 48.5 Å². The smallest absolute Gasteiger partial charge is 0.338 e. The van der Waals surface area contributed by atoms with Gasteiger partial charge in [-0.05, 0) is 42.3 Å². The maximum absolute atomic E-state index is 11.9. The standard InChI is InChI=1S/C23H27NO8/c1-15(2)14-32-23(29)16-6-8-17(9-7-16)31-13-12-30-11-10-24-19-5-3-4-18(21(25)26)20(19)22(27)28/h3-9,15,24H,10-14H2,1-2H3,(H,25,26)(H,27,28). The van der Waals surface area contributed by atoms with E-state index in [4.69, 9.17) is 19.3 Å². The van der Waals surface area contributed by atoms with Gasteiger partial charge in [-0.1, -0.05) is 19.9 Å². The molecule has 3 N–H and O–H groups in total. The van der Waals surface area contributed by atoms with Crippen molar-refractivity contribution in [3.8, 4) is 5.75 Å². The van der Waals surface area contributed by atoms with E-state index in [1.54, 1.807) is 24.3 Å². The quantitative estimate of drug-likeness (QED) is 0.313. The molecule has 0 radical (unpaired) electrons. The first-order chi connectivity index (χ1) is 15.3. The average Bonchev–Trinajstić information content (AvgIpc) is 2.76. The lowest BCUT2D eigenvalue weighted by Gasteiger charge is -2.12. The first kappa shape index (κ1) is 24.7. The van der Waals surface area contributed by atoms with Crippen LogP contribution in [0.2, 0.25) is 0 Å². The van der Waals surface area contributed by atoms with E-state index < -0.39 is 11.9 Å². The number of rotatable bonds is 13. The molecule has 9 heteroatoms. The summed E-state index contributed by atoms with van der Waals surface area (Å²) in [6.07, 6.45) is 0. The van der Waals surface area contributed by atoms with Crippen LogP contribution in [0.4, 0.5) is 5.69 Å². The molecule has 0 unspecified atom stereocenters. The minimum atomic E-state index is -1.32. The highest BCUT2D eigenvalue weighted by molar-refractivity contribution is 6.05. The summed E-state index contributed by atoms with van der Waals surface area (Å²) in [5.41, 5.74) is 0.0909. The van der Waals surface area contributed by atoms with Crippen LogP contribution in [-0.2, 0) is 9.47 Å². The molecule has 0 fully saturated rings. The number of carbonyl (C=O) groups excluding carboxylic acids is 1. The molecule has 0 saturated heterocycles. The molecule has 2 rings (SSSR count). The minimum absolute atomic E-state index is 0.212. The van der Waals surface area contributed by atoms with Crippen molar-refractivity contribution in [2.24, 2.45) is 5.92 Å². The van der Waals surface area contributed by atoms with Crippen LogP contribution in [0, 0.1) is 5.92 Å². The predicted octanol–water partition coefficient (Wildman–Crippen LogP) is 3.40. The second-order valence-corrected chi connectivity index (χ2v) is 7.24. The number of anilines is 1. The Balaban J connectivity index is 1.70. The van der Waals surface area contributed by atoms with Gasteiger partial charge in [0.2, 0.25) is 0 Å². The molecule has 2 aromatic rings. The molecule has 0 bridgehead atoms. The Labute approximate surface area is 185 Å². The van der Waals surface area contributed by atoms with Crippen LogP contribution in [0.1, 0.15) is 44.9 Å². The number of carboxylic acid groups (broad SMARTS) is 2. The third kappa shape index (κ3) is 7.59. The highest BCUT2D eigenvalue weighted by atomic mass is 16.5. The monoisotopic (exact) mass is 445 g/mol. The van der Waals surface area contributed by atoms with Crippen molar-refractivity contribution in [3.05, 3.63) is 59.2 Å². The van der Waals surface area contributed by atoms with Crippen LogP contribution in [0.15, 0.2) is 42.5 Å². The largest absolute Gasteiger partial charge is 0.491 e. The molecule has 0 spiro atoms. The third-order valence-corrected chi connectivity index (χ3v) is 4.20. The summed E-state index contributed by atoms with van der Waals surface area (Å²) < 4.78 is 16.2. The van der Waals surface area contributed by atoms with E-state index in [1.165, 1.54) is 18.2 Å². The molecule has 0 aliphatic carbocycles. The van der Waals surface area contributed by atoms with Gasteiger partial charge in [0.15, 0.2) is 0 Å². The molecule has 0 aliphatic rings. The Morgan fingerprint density at radius 2 is 1.66 bits per heavy atom. The van der Waals surface area contributed by atoms with Gasteiger partial charge >= 0.3 is 17.9 Å². The van der Waals surface area contributed by atoms with Gasteiger partial charge in [0.25, 0.3) is 0 Å². The average molecular weight is 445 g/mol. The van der Waals surface area contributed by atoms with Crippen LogP contribution in [0.25, 0.3) is 0 Å². The number of hydrogen-bond acceptors (Lipinski definition) is 7. The van der Waals surface area contributed by atoms with Crippen molar-refractivity contribution in [1.82, 2.24) is 0 Å². The number of benzene rings is 2. The maximum atomic E-state index is 11.9. The lowest BCUT2D eigenvalue weighted by molar-refractivity contribution is 0.0458. The number of aromatic carboxylic acids is 2. The second-order valence-electron chi connectivity index (χ2n) is 7.24. The normalized spacial score (nSPS) is 10.6. The van der Waals surface area contributed by atoms with Gasteiger partial charge in [-0.25, -0.2) is 14.4 Å². The summed E-state index contributed by atoms with van der Waals surface area (Å²) >= 11 is 0. The first-order valence-corrected chi connectivity index (χ1v) is 10.1. The van der Waals surface area contributed by atoms with Gasteiger partial charge in [0.1, 0.15) is 12.4 Å². The number of nitrogens with one attached hydrogen (secondary N) is 1. The molecule has 0 atom stereocenters. The van der Waals surface area contributed by atoms with E-state index in [0.29, 0.717) is 24.5 Å². The van der Waals surface area contributed by atoms with Crippen molar-refractivity contribution in [2.75, 3.05) is 38.3 Å². The van der Waals surface area contributed by atoms with Gasteiger partial charge in [-0.2, -0.15) is 0 Å². The number of esters is 1. The second kappa shape index (κ2) is 12.3. The number of ether oxygens (including phenoxy) is 3. The first-order valence-electron chi connectivity index (χ1n) is 10.1. The summed E-state index contributed by atoms with van der Waals surface area (Å²) in [6, 6.07) is 10.8. The van der Waals surface area contributed by atoms with E-state index in [9.17, 15) is 19.5 Å². The SMILES string of the molecule is CC(C)COC(=O)c1ccc(OCCOCCNc2cccc(C(=O)O)c2C(=O)O)cc1. The highest BCUT2D eigenvalue weighted by Gasteiger charge is 2.19. The summed E-state index contributed by atoms with van der Waals surface area (Å²) in [7, 11) is 0. The number of carboxylic acids is 2. The Morgan fingerprint density at radius 3 is 2.28 bits per heavy atom. The lowest BCUT2D eigenvalue weighted by atomic mass is 10.1. The molecule has 172 valence electrons. The highest BCUT2D eigenvalue weighted by Crippen LogP contribution is 2.20. The zero-order valence-electron chi connectivity index (χ0n) is 18.0. The van der Waals surface area contributed by atoms with Crippen molar-refractivity contribution in [1.29, 1.82) is 0 Å². The Kier molecular flexibility index (Phi) is 9.49. The molecule has 0 aliphatic heterocycles. The van der Waals surface area contributed by atoms with Crippen LogP contribution < -0.4 is 10.1 Å². The summed E-state index contributed by atoms with van der Waals surface area (Å²) in [5.74, 6) is -2.14. The molecule has 2 aromatic carbocycles. The van der Waals surface area contributed by atoms with E-state index in [0.717, 1.165) is 0 Å². The van der Waals surface area contributed by atoms with Gasteiger partial charge < -0.3 is 29.7 Å². The summed E-state index contributed by atoms with van der Waals surface area (Å²) in [6.45, 7) is 5.43. The predicted molar refractivity (Wildman–Crippen MR) is 117 cm³/mol.